The molecule has 6 nitrogen and oxygen atoms in total. The van der Waals surface area contributed by atoms with Crippen molar-refractivity contribution in [3.05, 3.63) is 83.9 Å². The maximum Gasteiger partial charge on any atom is 0.257 e. The number of nitrogens with zero attached hydrogens (tertiary/aromatic N) is 1. The van der Waals surface area contributed by atoms with Crippen molar-refractivity contribution in [1.82, 2.24) is 4.98 Å². The summed E-state index contributed by atoms with van der Waals surface area (Å²) < 4.78 is 18.8. The molecule has 29 heavy (non-hydrogen) atoms. The number of halogens is 1. The molecule has 0 radical (unpaired) electrons. The summed E-state index contributed by atoms with van der Waals surface area (Å²) in [5.41, 5.74) is 1.30. The molecule has 2 aromatic carbocycles. The standard InChI is InChI=1S/C22H20FN3O3/c1-14(2)29-20-8-6-18(7-9-20)25-21(27)15-10-16(13-24-12-15)22(28)26-19-5-3-4-17(23)11-19/h3-14H,1-2H3,(H,25,27)(H,26,28). The molecule has 0 aliphatic heterocycles. The van der Waals surface area contributed by atoms with Crippen LogP contribution >= 0.6 is 0 Å². The van der Waals surface area contributed by atoms with Crippen LogP contribution in [-0.4, -0.2) is 22.9 Å². The van der Waals surface area contributed by atoms with Crippen LogP contribution in [0.15, 0.2) is 67.0 Å². The van der Waals surface area contributed by atoms with E-state index in [1.54, 1.807) is 30.3 Å². The lowest BCUT2D eigenvalue weighted by Gasteiger charge is -2.11. The Balaban J connectivity index is 1.68. The number of carbonyl (C=O) groups excluding carboxylic acids is 2. The van der Waals surface area contributed by atoms with Crippen molar-refractivity contribution in [2.45, 2.75) is 20.0 Å². The Hall–Kier alpha value is -3.74. The second kappa shape index (κ2) is 8.97. The third kappa shape index (κ3) is 5.62. The van der Waals surface area contributed by atoms with Gasteiger partial charge in [-0.3, -0.25) is 14.6 Å². The maximum absolute atomic E-state index is 13.3. The van der Waals surface area contributed by atoms with Gasteiger partial charge in [0.15, 0.2) is 0 Å². The highest BCUT2D eigenvalue weighted by Gasteiger charge is 2.12. The Bertz CT molecular complexity index is 1020. The second-order valence-corrected chi connectivity index (χ2v) is 6.57. The molecule has 2 N–H and O–H groups in total. The number of hydrogen-bond acceptors (Lipinski definition) is 4. The molecule has 0 bridgehead atoms. The molecule has 1 heterocycles. The average molecular weight is 393 g/mol. The minimum atomic E-state index is -0.493. The summed E-state index contributed by atoms with van der Waals surface area (Å²) >= 11 is 0. The van der Waals surface area contributed by atoms with E-state index in [1.807, 2.05) is 13.8 Å². The van der Waals surface area contributed by atoms with Gasteiger partial charge in [-0.15, -0.1) is 0 Å². The van der Waals surface area contributed by atoms with Gasteiger partial charge in [0.05, 0.1) is 17.2 Å². The van der Waals surface area contributed by atoms with Crippen molar-refractivity contribution in [3.63, 3.8) is 0 Å². The molecule has 1 aromatic heterocycles. The normalized spacial score (nSPS) is 10.5. The molecule has 0 saturated carbocycles. The van der Waals surface area contributed by atoms with Gasteiger partial charge in [-0.05, 0) is 62.4 Å². The van der Waals surface area contributed by atoms with E-state index in [0.29, 0.717) is 17.1 Å². The first-order valence-electron chi connectivity index (χ1n) is 9.01. The van der Waals surface area contributed by atoms with Gasteiger partial charge in [-0.2, -0.15) is 0 Å². The lowest BCUT2D eigenvalue weighted by Crippen LogP contribution is -2.16. The van der Waals surface area contributed by atoms with Crippen LogP contribution in [0.25, 0.3) is 0 Å². The highest BCUT2D eigenvalue weighted by atomic mass is 19.1. The van der Waals surface area contributed by atoms with E-state index in [4.69, 9.17) is 4.74 Å². The van der Waals surface area contributed by atoms with Crippen LogP contribution in [0.1, 0.15) is 34.6 Å². The summed E-state index contributed by atoms with van der Waals surface area (Å²) in [6, 6.07) is 13.9. The minimum Gasteiger partial charge on any atom is -0.491 e. The summed E-state index contributed by atoms with van der Waals surface area (Å²) in [5, 5.41) is 5.32. The number of amides is 2. The van der Waals surface area contributed by atoms with Crippen molar-refractivity contribution in [2.24, 2.45) is 0 Å². The number of carbonyl (C=O) groups is 2. The van der Waals surface area contributed by atoms with Gasteiger partial charge in [0.25, 0.3) is 11.8 Å². The van der Waals surface area contributed by atoms with Crippen molar-refractivity contribution >= 4 is 23.2 Å². The first-order valence-corrected chi connectivity index (χ1v) is 9.01. The van der Waals surface area contributed by atoms with E-state index in [2.05, 4.69) is 15.6 Å². The van der Waals surface area contributed by atoms with Crippen molar-refractivity contribution in [3.8, 4) is 5.75 Å². The molecule has 0 spiro atoms. The molecule has 2 amide bonds. The topological polar surface area (TPSA) is 80.3 Å². The zero-order valence-electron chi connectivity index (χ0n) is 16.0. The first kappa shape index (κ1) is 20.0. The number of pyridine rings is 1. The molecule has 3 aromatic rings. The van der Waals surface area contributed by atoms with Gasteiger partial charge < -0.3 is 15.4 Å². The summed E-state index contributed by atoms with van der Waals surface area (Å²) in [4.78, 5) is 28.8. The predicted molar refractivity (Wildman–Crippen MR) is 109 cm³/mol. The number of rotatable bonds is 6. The van der Waals surface area contributed by atoms with Crippen LogP contribution in [0.2, 0.25) is 0 Å². The molecule has 7 heteroatoms. The molecule has 0 atom stereocenters. The Kier molecular flexibility index (Phi) is 6.19. The predicted octanol–water partition coefficient (Wildman–Crippen LogP) is 4.51. The Morgan fingerprint density at radius 2 is 1.52 bits per heavy atom. The molecular formula is C22H20FN3O3. The smallest absolute Gasteiger partial charge is 0.257 e. The zero-order chi connectivity index (χ0) is 20.8. The van der Waals surface area contributed by atoms with Gasteiger partial charge in [-0.1, -0.05) is 6.07 Å². The number of benzene rings is 2. The third-order valence-corrected chi connectivity index (χ3v) is 3.83. The number of aromatic nitrogens is 1. The molecule has 3 rings (SSSR count). The molecule has 0 aliphatic rings. The first-order chi connectivity index (χ1) is 13.9. The average Bonchev–Trinajstić information content (AvgIpc) is 2.69. The van der Waals surface area contributed by atoms with Gasteiger partial charge >= 0.3 is 0 Å². The fourth-order valence-electron chi connectivity index (χ4n) is 2.55. The van der Waals surface area contributed by atoms with Gasteiger partial charge in [0, 0.05) is 23.8 Å². The fraction of sp³-hybridized carbons (Fsp3) is 0.136. The van der Waals surface area contributed by atoms with Crippen molar-refractivity contribution in [2.75, 3.05) is 10.6 Å². The monoisotopic (exact) mass is 393 g/mol. The molecule has 0 fully saturated rings. The van der Waals surface area contributed by atoms with Crippen LogP contribution in [-0.2, 0) is 0 Å². The van der Waals surface area contributed by atoms with Crippen molar-refractivity contribution in [1.29, 1.82) is 0 Å². The van der Waals surface area contributed by atoms with E-state index in [1.165, 1.54) is 36.7 Å². The van der Waals surface area contributed by atoms with Crippen LogP contribution in [0.3, 0.4) is 0 Å². The third-order valence-electron chi connectivity index (χ3n) is 3.83. The SMILES string of the molecule is CC(C)Oc1ccc(NC(=O)c2cncc(C(=O)Nc3cccc(F)c3)c2)cc1. The number of nitrogens with one attached hydrogen (secondary N) is 2. The number of hydrogen-bond donors (Lipinski definition) is 2. The quantitative estimate of drug-likeness (QED) is 0.646. The largest absolute Gasteiger partial charge is 0.491 e. The summed E-state index contributed by atoms with van der Waals surface area (Å²) in [6.45, 7) is 3.86. The van der Waals surface area contributed by atoms with Crippen LogP contribution in [0, 0.1) is 5.82 Å². The lowest BCUT2D eigenvalue weighted by molar-refractivity contribution is 0.102. The Labute approximate surface area is 167 Å². The fourth-order valence-corrected chi connectivity index (χ4v) is 2.55. The van der Waals surface area contributed by atoms with Gasteiger partial charge in [0.2, 0.25) is 0 Å². The number of anilines is 2. The van der Waals surface area contributed by atoms with E-state index >= 15 is 0 Å². The van der Waals surface area contributed by atoms with Gasteiger partial charge in [0.1, 0.15) is 11.6 Å². The highest BCUT2D eigenvalue weighted by Crippen LogP contribution is 2.18. The molecule has 0 unspecified atom stereocenters. The van der Waals surface area contributed by atoms with Gasteiger partial charge in [-0.25, -0.2) is 4.39 Å². The zero-order valence-corrected chi connectivity index (χ0v) is 16.0. The van der Waals surface area contributed by atoms with E-state index in [9.17, 15) is 14.0 Å². The summed E-state index contributed by atoms with van der Waals surface area (Å²) in [5.74, 6) is -0.655. The van der Waals surface area contributed by atoms with E-state index in [0.717, 1.165) is 0 Å². The number of ether oxygens (including phenoxy) is 1. The molecular weight excluding hydrogens is 373 g/mol. The van der Waals surface area contributed by atoms with Crippen molar-refractivity contribution < 1.29 is 18.7 Å². The second-order valence-electron chi connectivity index (χ2n) is 6.57. The van der Waals surface area contributed by atoms with Crippen LogP contribution < -0.4 is 15.4 Å². The minimum absolute atomic E-state index is 0.0581. The van der Waals surface area contributed by atoms with Crippen LogP contribution in [0.4, 0.5) is 15.8 Å². The summed E-state index contributed by atoms with van der Waals surface area (Å²) in [6.07, 6.45) is 2.76. The molecule has 0 aliphatic carbocycles. The summed E-state index contributed by atoms with van der Waals surface area (Å²) in [7, 11) is 0. The van der Waals surface area contributed by atoms with Crippen LogP contribution in [0.5, 0.6) is 5.75 Å². The van der Waals surface area contributed by atoms with E-state index in [-0.39, 0.29) is 17.2 Å². The highest BCUT2D eigenvalue weighted by molar-refractivity contribution is 6.08. The molecule has 0 saturated heterocycles. The maximum atomic E-state index is 13.3. The van der Waals surface area contributed by atoms with E-state index < -0.39 is 17.6 Å². The lowest BCUT2D eigenvalue weighted by atomic mass is 10.1. The Morgan fingerprint density at radius 1 is 0.897 bits per heavy atom. The molecule has 148 valence electrons. The Morgan fingerprint density at radius 3 is 2.10 bits per heavy atom.